The average molecular weight is 222 g/mol. The van der Waals surface area contributed by atoms with Crippen molar-refractivity contribution in [2.75, 3.05) is 13.2 Å². The minimum Gasteiger partial charge on any atom is -0.396 e. The Labute approximate surface area is 98.1 Å². The zero-order chi connectivity index (χ0) is 11.4. The van der Waals surface area contributed by atoms with E-state index in [0.29, 0.717) is 12.1 Å². The minimum atomic E-state index is 0.235. The first-order valence-corrected chi connectivity index (χ1v) is 6.63. The molecule has 2 aliphatic rings. The first-order chi connectivity index (χ1) is 7.86. The van der Waals surface area contributed by atoms with Crippen molar-refractivity contribution in [3.05, 3.63) is 0 Å². The maximum atomic E-state index is 9.16. The van der Waals surface area contributed by atoms with Crippen LogP contribution >= 0.6 is 0 Å². The van der Waals surface area contributed by atoms with E-state index in [0.717, 1.165) is 19.4 Å². The number of rotatable bonds is 5. The third-order valence-corrected chi connectivity index (χ3v) is 4.19. The van der Waals surface area contributed by atoms with E-state index >= 15 is 0 Å². The molecule has 3 heteroatoms. The fourth-order valence-electron chi connectivity index (χ4n) is 3.08. The Morgan fingerprint density at radius 1 is 1.19 bits per heavy atom. The molecule has 1 N–H and O–H groups in total. The number of nitriles is 1. The molecule has 0 aliphatic heterocycles. The lowest BCUT2D eigenvalue weighted by atomic mass is 9.88. The van der Waals surface area contributed by atoms with Gasteiger partial charge in [-0.2, -0.15) is 5.26 Å². The molecule has 2 aliphatic carbocycles. The monoisotopic (exact) mass is 222 g/mol. The van der Waals surface area contributed by atoms with Crippen molar-refractivity contribution >= 4 is 0 Å². The second-order valence-corrected chi connectivity index (χ2v) is 5.13. The second-order valence-electron chi connectivity index (χ2n) is 5.13. The Kier molecular flexibility index (Phi) is 4.20. The van der Waals surface area contributed by atoms with E-state index < -0.39 is 0 Å². The summed E-state index contributed by atoms with van der Waals surface area (Å²) in [5.41, 5.74) is 0. The Morgan fingerprint density at radius 3 is 2.50 bits per heavy atom. The summed E-state index contributed by atoms with van der Waals surface area (Å²) in [6.45, 7) is 1.25. The molecule has 0 aromatic heterocycles. The van der Waals surface area contributed by atoms with Crippen LogP contribution in [-0.2, 0) is 0 Å². The highest BCUT2D eigenvalue weighted by molar-refractivity contribution is 5.00. The predicted octanol–water partition coefficient (Wildman–Crippen LogP) is 1.92. The van der Waals surface area contributed by atoms with Gasteiger partial charge < -0.3 is 5.11 Å². The van der Waals surface area contributed by atoms with E-state index in [2.05, 4.69) is 11.0 Å². The summed E-state index contributed by atoms with van der Waals surface area (Å²) >= 11 is 0. The number of aliphatic hydroxyl groups excluding tert-OH is 1. The third kappa shape index (κ3) is 2.39. The van der Waals surface area contributed by atoms with Crippen LogP contribution in [0, 0.1) is 17.2 Å². The SMILES string of the molecule is N#CC1CCCC1N(CCCO)C1CCC1. The Hall–Kier alpha value is -0.590. The molecule has 0 aromatic rings. The Morgan fingerprint density at radius 2 is 1.94 bits per heavy atom. The topological polar surface area (TPSA) is 47.3 Å². The van der Waals surface area contributed by atoms with E-state index in [9.17, 15) is 0 Å². The summed E-state index contributed by atoms with van der Waals surface area (Å²) in [6.07, 6.45) is 8.23. The van der Waals surface area contributed by atoms with Crippen LogP contribution < -0.4 is 0 Å². The van der Waals surface area contributed by atoms with Crippen LogP contribution in [-0.4, -0.2) is 35.2 Å². The summed E-state index contributed by atoms with van der Waals surface area (Å²) in [5, 5.41) is 18.1. The van der Waals surface area contributed by atoms with Crippen LogP contribution in [0.2, 0.25) is 0 Å². The highest BCUT2D eigenvalue weighted by Gasteiger charge is 2.37. The van der Waals surface area contributed by atoms with Crippen molar-refractivity contribution in [1.29, 1.82) is 5.26 Å². The third-order valence-electron chi connectivity index (χ3n) is 4.19. The number of hydrogen-bond acceptors (Lipinski definition) is 3. The summed E-state index contributed by atoms with van der Waals surface area (Å²) in [7, 11) is 0. The van der Waals surface area contributed by atoms with Gasteiger partial charge in [-0.25, -0.2) is 0 Å². The van der Waals surface area contributed by atoms with Crippen molar-refractivity contribution in [2.24, 2.45) is 5.92 Å². The molecule has 0 radical (unpaired) electrons. The largest absolute Gasteiger partial charge is 0.396 e. The van der Waals surface area contributed by atoms with E-state index in [1.807, 2.05) is 0 Å². The molecule has 2 fully saturated rings. The van der Waals surface area contributed by atoms with E-state index in [4.69, 9.17) is 10.4 Å². The van der Waals surface area contributed by atoms with Gasteiger partial charge in [-0.15, -0.1) is 0 Å². The van der Waals surface area contributed by atoms with Crippen molar-refractivity contribution in [2.45, 2.75) is 57.0 Å². The van der Waals surface area contributed by atoms with Gasteiger partial charge in [0.2, 0.25) is 0 Å². The molecule has 2 atom stereocenters. The highest BCUT2D eigenvalue weighted by Crippen LogP contribution is 2.35. The second kappa shape index (κ2) is 5.65. The van der Waals surface area contributed by atoms with Crippen molar-refractivity contribution < 1.29 is 5.11 Å². The fourth-order valence-corrected chi connectivity index (χ4v) is 3.08. The van der Waals surface area contributed by atoms with Gasteiger partial charge >= 0.3 is 0 Å². The molecule has 0 amide bonds. The van der Waals surface area contributed by atoms with Gasteiger partial charge in [-0.1, -0.05) is 12.8 Å². The predicted molar refractivity (Wildman–Crippen MR) is 62.8 cm³/mol. The van der Waals surface area contributed by atoms with Gasteiger partial charge in [-0.3, -0.25) is 4.90 Å². The summed E-state index contributed by atoms with van der Waals surface area (Å²) in [4.78, 5) is 2.53. The molecule has 2 unspecified atom stereocenters. The fraction of sp³-hybridized carbons (Fsp3) is 0.923. The number of nitrogens with zero attached hydrogens (tertiary/aromatic N) is 2. The number of hydrogen-bond donors (Lipinski definition) is 1. The zero-order valence-electron chi connectivity index (χ0n) is 9.94. The average Bonchev–Trinajstić information content (AvgIpc) is 2.69. The van der Waals surface area contributed by atoms with Gasteiger partial charge in [0.15, 0.2) is 0 Å². The Balaban J connectivity index is 1.96. The van der Waals surface area contributed by atoms with Gasteiger partial charge in [0.05, 0.1) is 12.0 Å². The molecule has 0 aromatic carbocycles. The van der Waals surface area contributed by atoms with Gasteiger partial charge in [0.1, 0.15) is 0 Å². The molecular weight excluding hydrogens is 200 g/mol. The first kappa shape index (κ1) is 11.9. The molecule has 2 saturated carbocycles. The van der Waals surface area contributed by atoms with Crippen LogP contribution in [0.15, 0.2) is 0 Å². The van der Waals surface area contributed by atoms with Crippen molar-refractivity contribution in [1.82, 2.24) is 4.90 Å². The quantitative estimate of drug-likeness (QED) is 0.773. The van der Waals surface area contributed by atoms with E-state index in [1.54, 1.807) is 0 Å². The molecule has 2 rings (SSSR count). The van der Waals surface area contributed by atoms with Gasteiger partial charge in [-0.05, 0) is 32.1 Å². The first-order valence-electron chi connectivity index (χ1n) is 6.63. The molecule has 90 valence electrons. The van der Waals surface area contributed by atoms with E-state index in [-0.39, 0.29) is 12.5 Å². The molecule has 0 bridgehead atoms. The normalized spacial score (nSPS) is 30.3. The van der Waals surface area contributed by atoms with E-state index in [1.165, 1.54) is 32.1 Å². The lowest BCUT2D eigenvalue weighted by molar-refractivity contribution is 0.0631. The highest BCUT2D eigenvalue weighted by atomic mass is 16.3. The maximum Gasteiger partial charge on any atom is 0.0672 e. The van der Waals surface area contributed by atoms with Crippen LogP contribution in [0.1, 0.15) is 44.9 Å². The minimum absolute atomic E-state index is 0.235. The van der Waals surface area contributed by atoms with Crippen LogP contribution in [0.3, 0.4) is 0 Å². The molecule has 3 nitrogen and oxygen atoms in total. The van der Waals surface area contributed by atoms with Gasteiger partial charge in [0, 0.05) is 25.2 Å². The summed E-state index contributed by atoms with van der Waals surface area (Å²) in [6, 6.07) is 3.64. The summed E-state index contributed by atoms with van der Waals surface area (Å²) in [5.74, 6) is 0.235. The molecular formula is C13H22N2O. The number of aliphatic hydroxyl groups is 1. The van der Waals surface area contributed by atoms with Crippen LogP contribution in [0.25, 0.3) is 0 Å². The Bertz CT molecular complexity index is 257. The van der Waals surface area contributed by atoms with Gasteiger partial charge in [0.25, 0.3) is 0 Å². The maximum absolute atomic E-state index is 9.16. The van der Waals surface area contributed by atoms with Crippen LogP contribution in [0.5, 0.6) is 0 Å². The molecule has 0 heterocycles. The lowest BCUT2D eigenvalue weighted by Crippen LogP contribution is -2.48. The summed E-state index contributed by atoms with van der Waals surface area (Å²) < 4.78 is 0. The molecule has 16 heavy (non-hydrogen) atoms. The van der Waals surface area contributed by atoms with Crippen molar-refractivity contribution in [3.8, 4) is 6.07 Å². The molecule has 0 saturated heterocycles. The standard InChI is InChI=1S/C13H22N2O/c14-10-11-4-1-7-13(11)15(8-3-9-16)12-5-2-6-12/h11-13,16H,1-9H2. The smallest absolute Gasteiger partial charge is 0.0672 e. The van der Waals surface area contributed by atoms with Crippen LogP contribution in [0.4, 0.5) is 0 Å². The zero-order valence-corrected chi connectivity index (χ0v) is 9.94. The molecule has 0 spiro atoms. The van der Waals surface area contributed by atoms with Crippen molar-refractivity contribution in [3.63, 3.8) is 0 Å². The lowest BCUT2D eigenvalue weighted by Gasteiger charge is -2.42.